The number of benzene rings is 3. The van der Waals surface area contributed by atoms with E-state index in [4.69, 9.17) is 15.2 Å². The molecule has 0 aliphatic rings. The van der Waals surface area contributed by atoms with Gasteiger partial charge in [-0.1, -0.05) is 76.2 Å². The minimum absolute atomic E-state index is 0.0431. The van der Waals surface area contributed by atoms with Crippen LogP contribution in [-0.4, -0.2) is 73.3 Å². The number of carbonyl (C=O) groups excluding carboxylic acids is 4. The van der Waals surface area contributed by atoms with Crippen molar-refractivity contribution < 1.29 is 28.7 Å². The molecule has 4 N–H and O–H groups in total. The van der Waals surface area contributed by atoms with E-state index in [2.05, 4.69) is 102 Å². The molecule has 12 heteroatoms. The molecule has 0 aliphatic carbocycles. The summed E-state index contributed by atoms with van der Waals surface area (Å²) in [5.74, 6) is -0.826. The van der Waals surface area contributed by atoms with E-state index in [1.807, 2.05) is 0 Å². The molecule has 0 radical (unpaired) electrons. The lowest BCUT2D eigenvalue weighted by Gasteiger charge is -2.27. The minimum Gasteiger partial charge on any atom is -0.465 e. The lowest BCUT2D eigenvalue weighted by molar-refractivity contribution is -0.145. The van der Waals surface area contributed by atoms with E-state index in [1.165, 1.54) is 26.7 Å². The summed E-state index contributed by atoms with van der Waals surface area (Å²) in [5, 5.41) is 9.43. The zero-order valence-corrected chi connectivity index (χ0v) is 30.9. The number of hydrogen-bond donors (Lipinski definition) is 3. The molecule has 264 valence electrons. The fourth-order valence-corrected chi connectivity index (χ4v) is 12.1. The SMILES string of the molecule is CCOC(=O)CNC(=O)C(CSSCCCCC[P+](c1ccccc1)(c1ccccc1)c1ccccc1)NC(=O)CCC(N)C(=O)OCC. The molecule has 0 aromatic heterocycles. The van der Waals surface area contributed by atoms with Gasteiger partial charge in [0, 0.05) is 17.9 Å². The van der Waals surface area contributed by atoms with Crippen LogP contribution in [0.1, 0.15) is 46.0 Å². The van der Waals surface area contributed by atoms with E-state index in [0.29, 0.717) is 5.75 Å². The summed E-state index contributed by atoms with van der Waals surface area (Å²) >= 11 is 0. The Morgan fingerprint density at radius 3 is 1.84 bits per heavy atom. The summed E-state index contributed by atoms with van der Waals surface area (Å²) in [6.45, 7) is 3.49. The number of carbonyl (C=O) groups is 4. The third-order valence-electron chi connectivity index (χ3n) is 7.77. The normalized spacial score (nSPS) is 12.4. The first-order valence-electron chi connectivity index (χ1n) is 16.8. The fraction of sp³-hybridized carbons (Fsp3) is 0.405. The summed E-state index contributed by atoms with van der Waals surface area (Å²) in [7, 11) is 1.30. The van der Waals surface area contributed by atoms with Crippen molar-refractivity contribution >= 4 is 68.5 Å². The summed E-state index contributed by atoms with van der Waals surface area (Å²) in [6.07, 6.45) is 4.25. The molecule has 2 unspecified atom stereocenters. The van der Waals surface area contributed by atoms with Crippen LogP contribution in [0.3, 0.4) is 0 Å². The van der Waals surface area contributed by atoms with Crippen LogP contribution < -0.4 is 32.3 Å². The molecular formula is C37H49N3O6PS2+. The van der Waals surface area contributed by atoms with Crippen LogP contribution in [0.4, 0.5) is 0 Å². The summed E-state index contributed by atoms with van der Waals surface area (Å²) in [6, 6.07) is 30.9. The number of rotatable bonds is 22. The number of amides is 2. The van der Waals surface area contributed by atoms with Crippen LogP contribution >= 0.6 is 28.9 Å². The van der Waals surface area contributed by atoms with E-state index in [0.717, 1.165) is 31.2 Å². The van der Waals surface area contributed by atoms with E-state index in [-0.39, 0.29) is 32.6 Å². The molecule has 0 spiro atoms. The number of nitrogens with two attached hydrogens (primary N) is 1. The Morgan fingerprint density at radius 2 is 1.31 bits per heavy atom. The van der Waals surface area contributed by atoms with Gasteiger partial charge in [-0.25, -0.2) is 0 Å². The van der Waals surface area contributed by atoms with Gasteiger partial charge in [0.1, 0.15) is 41.8 Å². The Labute approximate surface area is 299 Å². The highest BCUT2D eigenvalue weighted by Gasteiger charge is 2.44. The Bertz CT molecular complexity index is 1340. The van der Waals surface area contributed by atoms with Crippen LogP contribution in [0.25, 0.3) is 0 Å². The molecule has 0 saturated heterocycles. The highest BCUT2D eigenvalue weighted by molar-refractivity contribution is 8.76. The lowest BCUT2D eigenvalue weighted by Crippen LogP contribution is -2.49. The van der Waals surface area contributed by atoms with Crippen molar-refractivity contribution in [1.29, 1.82) is 0 Å². The van der Waals surface area contributed by atoms with Crippen LogP contribution in [-0.2, 0) is 28.7 Å². The smallest absolute Gasteiger partial charge is 0.325 e. The summed E-state index contributed by atoms with van der Waals surface area (Å²) in [5.41, 5.74) is 5.82. The highest BCUT2D eigenvalue weighted by Crippen LogP contribution is 2.56. The second-order valence-corrected chi connectivity index (χ2v) is 17.5. The number of ether oxygens (including phenoxy) is 2. The fourth-order valence-electron chi connectivity index (χ4n) is 5.34. The first-order valence-corrected chi connectivity index (χ1v) is 21.2. The van der Waals surface area contributed by atoms with Gasteiger partial charge in [0.2, 0.25) is 11.8 Å². The van der Waals surface area contributed by atoms with Crippen molar-refractivity contribution in [3.8, 4) is 0 Å². The number of unbranched alkanes of at least 4 members (excludes halogenated alkanes) is 2. The molecule has 3 aromatic carbocycles. The molecule has 0 saturated carbocycles. The molecule has 0 aliphatic heterocycles. The minimum atomic E-state index is -1.86. The maximum Gasteiger partial charge on any atom is 0.325 e. The summed E-state index contributed by atoms with van der Waals surface area (Å²) < 4.78 is 9.79. The van der Waals surface area contributed by atoms with Crippen LogP contribution in [0.5, 0.6) is 0 Å². The molecule has 0 fully saturated rings. The Kier molecular flexibility index (Phi) is 18.3. The van der Waals surface area contributed by atoms with Gasteiger partial charge in [0.25, 0.3) is 0 Å². The first kappa shape index (κ1) is 40.1. The third-order valence-corrected chi connectivity index (χ3v) is 14.8. The Balaban J connectivity index is 1.55. The van der Waals surface area contributed by atoms with Crippen molar-refractivity contribution in [2.75, 3.05) is 37.4 Å². The van der Waals surface area contributed by atoms with Gasteiger partial charge in [0.05, 0.1) is 19.4 Å². The molecule has 3 rings (SSSR count). The van der Waals surface area contributed by atoms with E-state index >= 15 is 0 Å². The maximum atomic E-state index is 12.9. The second kappa shape index (κ2) is 22.4. The van der Waals surface area contributed by atoms with Gasteiger partial charge in [-0.3, -0.25) is 19.2 Å². The quantitative estimate of drug-likeness (QED) is 0.0597. The van der Waals surface area contributed by atoms with Crippen molar-refractivity contribution in [3.05, 3.63) is 91.0 Å². The molecule has 0 bridgehead atoms. The Morgan fingerprint density at radius 1 is 0.755 bits per heavy atom. The van der Waals surface area contributed by atoms with Gasteiger partial charge < -0.3 is 25.8 Å². The largest absolute Gasteiger partial charge is 0.465 e. The van der Waals surface area contributed by atoms with Crippen molar-refractivity contribution in [2.45, 2.75) is 58.0 Å². The molecule has 2 amide bonds. The first-order chi connectivity index (χ1) is 23.8. The average Bonchev–Trinajstić information content (AvgIpc) is 3.13. The van der Waals surface area contributed by atoms with Gasteiger partial charge in [0.15, 0.2) is 0 Å². The summed E-state index contributed by atoms with van der Waals surface area (Å²) in [4.78, 5) is 49.2. The number of hydrogen-bond acceptors (Lipinski definition) is 9. The molecule has 0 heterocycles. The standard InChI is InChI=1S/C37H48N3O6PS2/c1-3-45-35(42)27-39-36(43)33(40-34(41)24-23-32(38)37(44)46-4-2)28-49-48-26-16-8-15-25-47(29-17-9-5-10-18-29,30-19-11-6-12-20-30)31-21-13-7-14-22-31/h5-7,9-14,17-22,32-33H,3-4,8,15-16,23-28,38H2,1-2H3,(H-,39,40,41,43)/p+1. The van der Waals surface area contributed by atoms with Crippen LogP contribution in [0.2, 0.25) is 0 Å². The molecule has 9 nitrogen and oxygen atoms in total. The topological polar surface area (TPSA) is 137 Å². The van der Waals surface area contributed by atoms with E-state index in [1.54, 1.807) is 24.6 Å². The van der Waals surface area contributed by atoms with E-state index < -0.39 is 43.1 Å². The van der Waals surface area contributed by atoms with Gasteiger partial charge in [-0.15, -0.1) is 0 Å². The lowest BCUT2D eigenvalue weighted by atomic mass is 10.1. The Hall–Kier alpha value is -3.37. The highest BCUT2D eigenvalue weighted by atomic mass is 33.1. The zero-order chi connectivity index (χ0) is 35.3. The number of esters is 2. The second-order valence-electron chi connectivity index (χ2n) is 11.2. The predicted octanol–water partition coefficient (Wildman–Crippen LogP) is 4.37. The van der Waals surface area contributed by atoms with Gasteiger partial charge in [-0.2, -0.15) is 0 Å². The number of nitrogens with one attached hydrogen (secondary N) is 2. The maximum absolute atomic E-state index is 12.9. The third kappa shape index (κ3) is 13.1. The van der Waals surface area contributed by atoms with Crippen molar-refractivity contribution in [1.82, 2.24) is 10.6 Å². The predicted molar refractivity (Wildman–Crippen MR) is 204 cm³/mol. The average molecular weight is 727 g/mol. The van der Waals surface area contributed by atoms with Gasteiger partial charge in [-0.05, 0) is 75.9 Å². The van der Waals surface area contributed by atoms with Crippen molar-refractivity contribution in [2.24, 2.45) is 5.73 Å². The molecule has 3 aromatic rings. The zero-order valence-electron chi connectivity index (χ0n) is 28.4. The molecule has 2 atom stereocenters. The van der Waals surface area contributed by atoms with Crippen LogP contribution in [0, 0.1) is 0 Å². The monoisotopic (exact) mass is 726 g/mol. The van der Waals surface area contributed by atoms with Crippen LogP contribution in [0.15, 0.2) is 91.0 Å². The molecular weight excluding hydrogens is 678 g/mol. The van der Waals surface area contributed by atoms with E-state index in [9.17, 15) is 19.2 Å². The van der Waals surface area contributed by atoms with Crippen molar-refractivity contribution in [3.63, 3.8) is 0 Å². The molecule has 49 heavy (non-hydrogen) atoms. The van der Waals surface area contributed by atoms with Gasteiger partial charge >= 0.3 is 11.9 Å².